The average Bonchev–Trinajstić information content (AvgIpc) is 2.38. The van der Waals surface area contributed by atoms with Gasteiger partial charge in [0.2, 0.25) is 5.95 Å². The van der Waals surface area contributed by atoms with E-state index in [4.69, 9.17) is 28.3 Å². The number of aryl methyl sites for hydroxylation is 2. The summed E-state index contributed by atoms with van der Waals surface area (Å²) in [6.45, 7) is 3.77. The summed E-state index contributed by atoms with van der Waals surface area (Å²) >= 11 is 6.06. The van der Waals surface area contributed by atoms with Crippen LogP contribution in [0.2, 0.25) is 5.02 Å². The van der Waals surface area contributed by atoms with Gasteiger partial charge in [0, 0.05) is 5.69 Å². The van der Waals surface area contributed by atoms with E-state index < -0.39 is 0 Å². The molecule has 20 heavy (non-hydrogen) atoms. The SMILES string of the molecule is Cc1cc(C#N)cc(C)c1Nc1nc(N)nc(N)c1Cl. The first-order valence-corrected chi connectivity index (χ1v) is 6.17. The van der Waals surface area contributed by atoms with Gasteiger partial charge in [-0.2, -0.15) is 15.2 Å². The van der Waals surface area contributed by atoms with Gasteiger partial charge in [0.1, 0.15) is 10.8 Å². The van der Waals surface area contributed by atoms with E-state index in [1.54, 1.807) is 12.1 Å². The minimum absolute atomic E-state index is 0.0401. The molecular weight excluding hydrogens is 276 g/mol. The summed E-state index contributed by atoms with van der Waals surface area (Å²) in [6.07, 6.45) is 0. The number of halogens is 1. The number of hydrogen-bond acceptors (Lipinski definition) is 6. The van der Waals surface area contributed by atoms with Crippen LogP contribution in [-0.4, -0.2) is 9.97 Å². The summed E-state index contributed by atoms with van der Waals surface area (Å²) in [5, 5.41) is 12.2. The monoisotopic (exact) mass is 288 g/mol. The zero-order chi connectivity index (χ0) is 14.9. The van der Waals surface area contributed by atoms with Crippen LogP contribution in [-0.2, 0) is 0 Å². The van der Waals surface area contributed by atoms with Crippen LogP contribution in [0.4, 0.5) is 23.3 Å². The van der Waals surface area contributed by atoms with Crippen LogP contribution in [0.15, 0.2) is 12.1 Å². The van der Waals surface area contributed by atoms with Crippen molar-refractivity contribution in [3.05, 3.63) is 33.8 Å². The van der Waals surface area contributed by atoms with E-state index in [2.05, 4.69) is 21.4 Å². The molecule has 0 fully saturated rings. The minimum Gasteiger partial charge on any atom is -0.382 e. The molecule has 0 atom stereocenters. The van der Waals surface area contributed by atoms with Crippen LogP contribution in [0.3, 0.4) is 0 Å². The molecule has 5 N–H and O–H groups in total. The minimum atomic E-state index is 0.0401. The molecule has 2 rings (SSSR count). The van der Waals surface area contributed by atoms with Gasteiger partial charge in [-0.05, 0) is 37.1 Å². The van der Waals surface area contributed by atoms with Gasteiger partial charge in [-0.25, -0.2) is 0 Å². The molecule has 1 aromatic carbocycles. The van der Waals surface area contributed by atoms with Crippen molar-refractivity contribution >= 4 is 34.9 Å². The number of nitrogens with two attached hydrogens (primary N) is 2. The lowest BCUT2D eigenvalue weighted by atomic mass is 10.0. The maximum Gasteiger partial charge on any atom is 0.224 e. The smallest absolute Gasteiger partial charge is 0.224 e. The Bertz CT molecular complexity index is 697. The summed E-state index contributed by atoms with van der Waals surface area (Å²) < 4.78 is 0. The number of anilines is 4. The van der Waals surface area contributed by atoms with E-state index >= 15 is 0 Å². The molecule has 0 spiro atoms. The van der Waals surface area contributed by atoms with Crippen LogP contribution in [0.25, 0.3) is 0 Å². The fourth-order valence-corrected chi connectivity index (χ4v) is 2.04. The van der Waals surface area contributed by atoms with Crippen LogP contribution < -0.4 is 16.8 Å². The van der Waals surface area contributed by atoms with E-state index in [-0.39, 0.29) is 16.8 Å². The molecule has 0 amide bonds. The van der Waals surface area contributed by atoms with Gasteiger partial charge in [0.25, 0.3) is 0 Å². The molecule has 0 bridgehead atoms. The molecule has 0 radical (unpaired) electrons. The first kappa shape index (κ1) is 13.9. The number of benzene rings is 1. The predicted octanol–water partition coefficient (Wildman–Crippen LogP) is 2.53. The second-order valence-electron chi connectivity index (χ2n) is 4.35. The van der Waals surface area contributed by atoms with Gasteiger partial charge in [-0.15, -0.1) is 0 Å². The molecule has 102 valence electrons. The highest BCUT2D eigenvalue weighted by atomic mass is 35.5. The zero-order valence-electron chi connectivity index (χ0n) is 11.0. The van der Waals surface area contributed by atoms with E-state index in [1.165, 1.54) is 0 Å². The molecule has 0 aliphatic heterocycles. The van der Waals surface area contributed by atoms with Crippen molar-refractivity contribution in [3.8, 4) is 6.07 Å². The molecule has 0 saturated carbocycles. The first-order chi connectivity index (χ1) is 9.42. The van der Waals surface area contributed by atoms with Crippen molar-refractivity contribution in [1.82, 2.24) is 9.97 Å². The summed E-state index contributed by atoms with van der Waals surface area (Å²) in [5.74, 6) is 0.497. The molecule has 1 heterocycles. The molecular formula is C13H13ClN6. The third-order valence-electron chi connectivity index (χ3n) is 2.80. The van der Waals surface area contributed by atoms with Gasteiger partial charge >= 0.3 is 0 Å². The van der Waals surface area contributed by atoms with Gasteiger partial charge in [0.15, 0.2) is 5.82 Å². The van der Waals surface area contributed by atoms with Crippen molar-refractivity contribution in [2.45, 2.75) is 13.8 Å². The average molecular weight is 289 g/mol. The Hall–Kier alpha value is -2.52. The second-order valence-corrected chi connectivity index (χ2v) is 4.73. The fraction of sp³-hybridized carbons (Fsp3) is 0.154. The first-order valence-electron chi connectivity index (χ1n) is 5.79. The van der Waals surface area contributed by atoms with E-state index in [9.17, 15) is 0 Å². The predicted molar refractivity (Wildman–Crippen MR) is 79.8 cm³/mol. The summed E-state index contributed by atoms with van der Waals surface area (Å²) in [7, 11) is 0. The highest BCUT2D eigenvalue weighted by Crippen LogP contribution is 2.31. The Kier molecular flexibility index (Phi) is 3.63. The Morgan fingerprint density at radius 1 is 1.20 bits per heavy atom. The summed E-state index contributed by atoms with van der Waals surface area (Å²) in [5.41, 5.74) is 14.4. The normalized spacial score (nSPS) is 10.1. The van der Waals surface area contributed by atoms with E-state index in [0.717, 1.165) is 16.8 Å². The maximum absolute atomic E-state index is 8.94. The second kappa shape index (κ2) is 5.23. The Morgan fingerprint density at radius 2 is 1.80 bits per heavy atom. The van der Waals surface area contributed by atoms with Crippen LogP contribution >= 0.6 is 11.6 Å². The Balaban J connectivity index is 2.49. The van der Waals surface area contributed by atoms with Crippen molar-refractivity contribution in [3.63, 3.8) is 0 Å². The van der Waals surface area contributed by atoms with Gasteiger partial charge in [-0.3, -0.25) is 0 Å². The van der Waals surface area contributed by atoms with Crippen LogP contribution in [0, 0.1) is 25.2 Å². The van der Waals surface area contributed by atoms with Gasteiger partial charge < -0.3 is 16.8 Å². The molecule has 6 nitrogen and oxygen atoms in total. The van der Waals surface area contributed by atoms with Crippen molar-refractivity contribution in [2.75, 3.05) is 16.8 Å². The van der Waals surface area contributed by atoms with Crippen LogP contribution in [0.5, 0.6) is 0 Å². The largest absolute Gasteiger partial charge is 0.382 e. The molecule has 0 unspecified atom stereocenters. The third-order valence-corrected chi connectivity index (χ3v) is 3.17. The number of nitrogen functional groups attached to an aromatic ring is 2. The summed E-state index contributed by atoms with van der Waals surface area (Å²) in [6, 6.07) is 5.66. The molecule has 2 aromatic rings. The number of aromatic nitrogens is 2. The summed E-state index contributed by atoms with van der Waals surface area (Å²) in [4.78, 5) is 7.81. The molecule has 1 aromatic heterocycles. The number of rotatable bonds is 2. The Morgan fingerprint density at radius 3 is 2.35 bits per heavy atom. The highest BCUT2D eigenvalue weighted by Gasteiger charge is 2.12. The Labute approximate surface area is 121 Å². The van der Waals surface area contributed by atoms with E-state index in [1.807, 2.05) is 13.8 Å². The zero-order valence-corrected chi connectivity index (χ0v) is 11.8. The lowest BCUT2D eigenvalue weighted by molar-refractivity contribution is 1.19. The number of hydrogen-bond donors (Lipinski definition) is 3. The standard InChI is InChI=1S/C13H13ClN6/c1-6-3-8(5-15)4-7(2)10(6)18-12-9(14)11(16)19-13(17)20-12/h3-4H,1-2H3,(H5,16,17,18,19,20). The molecule has 0 aliphatic carbocycles. The lowest BCUT2D eigenvalue weighted by Crippen LogP contribution is -2.06. The fourth-order valence-electron chi connectivity index (χ4n) is 1.91. The highest BCUT2D eigenvalue weighted by molar-refractivity contribution is 6.35. The lowest BCUT2D eigenvalue weighted by Gasteiger charge is -2.14. The van der Waals surface area contributed by atoms with Crippen molar-refractivity contribution < 1.29 is 0 Å². The molecule has 0 aliphatic rings. The number of nitrogens with zero attached hydrogens (tertiary/aromatic N) is 3. The quantitative estimate of drug-likeness (QED) is 0.782. The van der Waals surface area contributed by atoms with Gasteiger partial charge in [0.05, 0.1) is 11.6 Å². The number of nitrogens with one attached hydrogen (secondary N) is 1. The van der Waals surface area contributed by atoms with Crippen molar-refractivity contribution in [1.29, 1.82) is 5.26 Å². The van der Waals surface area contributed by atoms with Crippen molar-refractivity contribution in [2.24, 2.45) is 0 Å². The topological polar surface area (TPSA) is 114 Å². The molecule has 7 heteroatoms. The van der Waals surface area contributed by atoms with Gasteiger partial charge in [-0.1, -0.05) is 11.6 Å². The maximum atomic E-state index is 8.94. The van der Waals surface area contributed by atoms with E-state index in [0.29, 0.717) is 11.4 Å². The molecule has 0 saturated heterocycles. The number of nitriles is 1. The van der Waals surface area contributed by atoms with Crippen LogP contribution in [0.1, 0.15) is 16.7 Å². The third kappa shape index (κ3) is 2.58.